The summed E-state index contributed by atoms with van der Waals surface area (Å²) in [6.07, 6.45) is 18.3. The van der Waals surface area contributed by atoms with Gasteiger partial charge in [-0.15, -0.1) is 31.9 Å². The number of halogens is 3. The van der Waals surface area contributed by atoms with Crippen molar-refractivity contribution in [3.8, 4) is 47.5 Å². The minimum atomic E-state index is 0.103. The Kier molecular flexibility index (Phi) is 25.6. The van der Waals surface area contributed by atoms with Crippen LogP contribution in [0.2, 0.25) is 15.1 Å². The summed E-state index contributed by atoms with van der Waals surface area (Å²) in [6.45, 7) is 9.33. The number of fused-ring (bicyclic) bond motifs is 10. The van der Waals surface area contributed by atoms with Crippen molar-refractivity contribution in [2.75, 3.05) is 93.5 Å². The van der Waals surface area contributed by atoms with E-state index in [2.05, 4.69) is 131 Å². The number of pyridine rings is 5. The molecular formula is C97H91Cl3N26O7. The van der Waals surface area contributed by atoms with E-state index < -0.39 is 0 Å². The van der Waals surface area contributed by atoms with Gasteiger partial charge >= 0.3 is 0 Å². The molecule has 0 saturated carbocycles. The molecule has 6 aromatic carbocycles. The number of hydrogen-bond acceptors (Lipinski definition) is 28. The zero-order chi connectivity index (χ0) is 91.2. The number of anilines is 5. The van der Waals surface area contributed by atoms with Crippen molar-refractivity contribution in [2.24, 2.45) is 60.2 Å². The lowest BCUT2D eigenvalue weighted by Gasteiger charge is -2.25. The van der Waals surface area contributed by atoms with Crippen molar-refractivity contribution in [2.45, 2.75) is 58.1 Å². The molecule has 5 N–H and O–H groups in total. The van der Waals surface area contributed by atoms with Crippen LogP contribution in [0.4, 0.5) is 28.4 Å². The van der Waals surface area contributed by atoms with Crippen LogP contribution in [0.15, 0.2) is 214 Å². The Balaban J connectivity index is 0.000000108. The first-order valence-electron chi connectivity index (χ1n) is 43.2. The fourth-order valence-corrected chi connectivity index (χ4v) is 17.2. The number of nitrogens with zero attached hydrogens (tertiary/aromatic N) is 21. The van der Waals surface area contributed by atoms with Gasteiger partial charge in [0.1, 0.15) is 53.5 Å². The number of ether oxygens (including phenoxy) is 7. The molecule has 10 aromatic heterocycles. The van der Waals surface area contributed by atoms with Crippen molar-refractivity contribution in [3.63, 3.8) is 0 Å². The summed E-state index contributed by atoms with van der Waals surface area (Å²) in [5.74, 6) is 9.89. The van der Waals surface area contributed by atoms with Gasteiger partial charge in [-0.3, -0.25) is 78.2 Å². The average Bonchev–Trinajstić information content (AvgIpc) is 1.64. The Hall–Kier alpha value is -14.9. The number of nitrogens with one attached hydrogen (secondary N) is 5. The van der Waals surface area contributed by atoms with Crippen molar-refractivity contribution >= 4 is 147 Å². The highest BCUT2D eigenvalue weighted by atomic mass is 35.5. The molecule has 23 rings (SSSR count). The van der Waals surface area contributed by atoms with Gasteiger partial charge in [-0.25, -0.2) is 0 Å². The molecule has 0 unspecified atom stereocenters. The van der Waals surface area contributed by atoms with Gasteiger partial charge in [-0.05, 0) is 153 Å². The predicted octanol–water partition coefficient (Wildman–Crippen LogP) is 16.1. The van der Waals surface area contributed by atoms with Crippen LogP contribution in [0.1, 0.15) is 81.1 Å². The van der Waals surface area contributed by atoms with Gasteiger partial charge in [0.2, 0.25) is 29.4 Å². The second kappa shape index (κ2) is 39.0. The summed E-state index contributed by atoms with van der Waals surface area (Å²) < 4.78 is 48.0. The minimum Gasteiger partial charge on any atom is -0.479 e. The summed E-state index contributed by atoms with van der Waals surface area (Å²) in [5.41, 5.74) is 19.9. The molecule has 36 heteroatoms. The first-order chi connectivity index (χ1) is 65.0. The maximum atomic E-state index is 6.65. The number of hydrogen-bond donors (Lipinski definition) is 5. The molecule has 672 valence electrons. The summed E-state index contributed by atoms with van der Waals surface area (Å²) in [7, 11) is 12.7. The van der Waals surface area contributed by atoms with Crippen molar-refractivity contribution in [1.29, 1.82) is 0 Å². The molecule has 2 saturated heterocycles. The van der Waals surface area contributed by atoms with Crippen LogP contribution in [0.5, 0.6) is 35.1 Å². The van der Waals surface area contributed by atoms with Crippen molar-refractivity contribution in [3.05, 3.63) is 266 Å². The summed E-state index contributed by atoms with van der Waals surface area (Å²) >= 11 is 19.7. The monoisotopic (exact) mass is 1840 g/mol. The van der Waals surface area contributed by atoms with Crippen LogP contribution in [0, 0.1) is 12.3 Å². The van der Waals surface area contributed by atoms with E-state index in [1.54, 1.807) is 54.6 Å². The average molecular weight is 1840 g/mol. The van der Waals surface area contributed by atoms with E-state index in [4.69, 9.17) is 74.4 Å². The molecule has 0 amide bonds. The molecule has 17 heterocycles. The number of likely N-dealkylation sites (tertiary alicyclic amines) is 1. The van der Waals surface area contributed by atoms with Crippen LogP contribution < -0.4 is 50.3 Å². The van der Waals surface area contributed by atoms with Crippen LogP contribution >= 0.6 is 34.8 Å². The lowest BCUT2D eigenvalue weighted by molar-refractivity contribution is -0.0809. The van der Waals surface area contributed by atoms with Gasteiger partial charge in [0.15, 0.2) is 29.2 Å². The molecule has 0 atom stereocenters. The second-order valence-electron chi connectivity index (χ2n) is 32.0. The first kappa shape index (κ1) is 87.4. The van der Waals surface area contributed by atoms with Gasteiger partial charge in [0, 0.05) is 142 Å². The lowest BCUT2D eigenvalue weighted by Crippen LogP contribution is -2.38. The summed E-state index contributed by atoms with van der Waals surface area (Å²) in [5, 5.41) is 45.1. The Labute approximate surface area is 779 Å². The Morgan fingerprint density at radius 1 is 0.398 bits per heavy atom. The largest absolute Gasteiger partial charge is 0.479 e. The molecule has 33 nitrogen and oxygen atoms in total. The van der Waals surface area contributed by atoms with Crippen LogP contribution in [0.25, 0.3) is 54.5 Å². The number of methoxy groups -OCH3 is 2. The van der Waals surface area contributed by atoms with Gasteiger partial charge in [-0.1, -0.05) is 77.5 Å². The van der Waals surface area contributed by atoms with E-state index in [9.17, 15) is 0 Å². The molecule has 0 aliphatic carbocycles. The summed E-state index contributed by atoms with van der Waals surface area (Å²) in [6, 6.07) is 50.8. The minimum absolute atomic E-state index is 0.103. The number of aliphatic imine (C=N–C) groups is 5. The van der Waals surface area contributed by atoms with Gasteiger partial charge in [0.25, 0.3) is 0 Å². The van der Waals surface area contributed by atoms with Gasteiger partial charge in [0.05, 0.1) is 129 Å². The van der Waals surface area contributed by atoms with Gasteiger partial charge < -0.3 is 59.7 Å². The smallest absolute Gasteiger partial charge is 0.247 e. The predicted molar refractivity (Wildman–Crippen MR) is 518 cm³/mol. The molecule has 16 aromatic rings. The number of amidine groups is 5. The van der Waals surface area contributed by atoms with Crippen LogP contribution in [-0.4, -0.2) is 181 Å². The van der Waals surface area contributed by atoms with Crippen LogP contribution in [-0.2, 0) is 77.4 Å². The highest BCUT2D eigenvalue weighted by molar-refractivity contribution is 6.38. The zero-order valence-electron chi connectivity index (χ0n) is 73.7. The van der Waals surface area contributed by atoms with Crippen molar-refractivity contribution in [1.82, 2.24) is 78.7 Å². The lowest BCUT2D eigenvalue weighted by atomic mass is 10.1. The number of terminal acetylenes is 1. The number of aromatic nitrogens is 15. The normalized spacial score (nSPS) is 14.3. The van der Waals surface area contributed by atoms with E-state index in [-0.39, 0.29) is 6.10 Å². The maximum Gasteiger partial charge on any atom is 0.247 e. The molecule has 133 heavy (non-hydrogen) atoms. The number of aryl methyl sites for hydroxylation is 5. The molecule has 0 spiro atoms. The summed E-state index contributed by atoms with van der Waals surface area (Å²) in [4.78, 5) is 47.3. The Bertz CT molecular complexity index is 7330. The number of rotatable bonds is 18. The van der Waals surface area contributed by atoms with E-state index >= 15 is 0 Å². The number of benzene rings is 6. The first-order valence-corrected chi connectivity index (χ1v) is 44.4. The molecule has 7 aliphatic heterocycles. The van der Waals surface area contributed by atoms with E-state index in [0.717, 1.165) is 194 Å². The topological polar surface area (TPSA) is 343 Å². The van der Waals surface area contributed by atoms with Crippen LogP contribution in [0.3, 0.4) is 0 Å². The quantitative estimate of drug-likeness (QED) is 0.0393. The molecule has 2 fully saturated rings. The number of piperidine rings is 1. The van der Waals surface area contributed by atoms with Gasteiger partial charge in [-0.2, -0.15) is 0 Å². The molecular weight excluding hydrogens is 1750 g/mol. The highest BCUT2D eigenvalue weighted by Gasteiger charge is 2.29. The fourth-order valence-electron chi connectivity index (χ4n) is 16.3. The Morgan fingerprint density at radius 3 is 1.18 bits per heavy atom. The van der Waals surface area contributed by atoms with E-state index in [1.807, 2.05) is 189 Å². The third kappa shape index (κ3) is 18.9. The molecule has 0 radical (unpaired) electrons. The van der Waals surface area contributed by atoms with E-state index in [0.29, 0.717) is 116 Å². The maximum absolute atomic E-state index is 6.65. The third-order valence-corrected chi connectivity index (χ3v) is 24.0. The highest BCUT2D eigenvalue weighted by Crippen LogP contribution is 2.41. The second-order valence-corrected chi connectivity index (χ2v) is 33.2. The third-order valence-electron chi connectivity index (χ3n) is 23.1. The van der Waals surface area contributed by atoms with E-state index in [1.165, 1.54) is 19.3 Å². The SMILES string of the molecule is C#Cc1ccc(Oc2nn(C)c3cc(NC4=NCc5cccnc54)cc(Cl)c23)cc1.COCCOc1nn(C)c2cc(NC3=NCc4cccnc43)ccc12.COc1nn(C)c2cc(NC3=NCc4cccnc43)cc(Cl)c12.Cn1nc(OC2COC2)c2ccc(NC3=NCc4cccnc43)cc21.Cn1nc(OCCN2CCCCC2)c2c(Cl)cc(NC3=NCc4cccnc43)cc21. The van der Waals surface area contributed by atoms with Crippen molar-refractivity contribution < 1.29 is 33.2 Å². The Morgan fingerprint density at radius 2 is 0.767 bits per heavy atom. The molecule has 7 aliphatic rings. The standard InChI is InChI=1S/C23H16ClN5O.C22H25ClN6O.C18H17N5O2.C18H19N5O2.C16H14ClN5O/c1-3-14-6-8-17(9-7-14)30-23-20-18(24)11-16(12-19(20)29(2)28-23)27-22-21-15(13-26-22)5-4-10-25-21;1-28-18-13-16(26-21-20-15(14-25-21)6-5-7-24-20)12-17(23)19(18)22(27-28)30-11-10-29-8-3-2-4-9-29;1-23-15-7-12(21-17-16-11(8-20-17)3-2-6-19-16)4-5-14(15)18(22-23)25-13-9-24-10-13;1-23-15-10-13(5-6-14(15)18(22-23)25-9-8-24-2)21-17-16-12(11-20-17)4-3-7-19-16;1-22-12-7-10(6-11(17)13(12)16(21-22)23-2)20-15-14-9(8-19-15)4-3-5-18-14/h1,4-12H,13H2,2H3,(H,26,27);5-7,12-13H,2-4,8-11,14H2,1H3,(H,25,26);2-7,13H,8-10H2,1H3,(H,20,21);3-7,10H,8-9,11H2,1-2H3,(H,20,21);3-7H,8H2,1-2H3,(H,19,20). The molecule has 0 bridgehead atoms. The zero-order valence-corrected chi connectivity index (χ0v) is 76.0. The fraction of sp³-hybridized carbons (Fsp3) is 0.247.